The fourth-order valence-corrected chi connectivity index (χ4v) is 2.09. The molecule has 1 aliphatic rings. The van der Waals surface area contributed by atoms with Gasteiger partial charge in [0.15, 0.2) is 0 Å². The van der Waals surface area contributed by atoms with Gasteiger partial charge in [0, 0.05) is 17.5 Å². The molecule has 0 unspecified atom stereocenters. The van der Waals surface area contributed by atoms with Gasteiger partial charge in [-0.3, -0.25) is 0 Å². The number of rotatable bonds is 2. The van der Waals surface area contributed by atoms with Gasteiger partial charge in [0.25, 0.3) is 0 Å². The Kier molecular flexibility index (Phi) is 2.51. The average molecular weight is 203 g/mol. The maximum Gasteiger partial charge on any atom is 0.126 e. The zero-order valence-corrected chi connectivity index (χ0v) is 8.96. The van der Waals surface area contributed by atoms with Crippen LogP contribution in [0.1, 0.15) is 16.7 Å². The first kappa shape index (κ1) is 9.85. The van der Waals surface area contributed by atoms with E-state index in [4.69, 9.17) is 14.7 Å². The second-order valence-electron chi connectivity index (χ2n) is 3.62. The van der Waals surface area contributed by atoms with E-state index in [1.165, 1.54) is 0 Å². The lowest BCUT2D eigenvalue weighted by atomic mass is 9.98. The number of fused-ring (bicyclic) bond motifs is 1. The van der Waals surface area contributed by atoms with E-state index in [0.717, 1.165) is 34.6 Å². The highest BCUT2D eigenvalue weighted by Gasteiger charge is 2.21. The van der Waals surface area contributed by atoms with Crippen molar-refractivity contribution in [2.75, 3.05) is 13.7 Å². The molecule has 0 fully saturated rings. The van der Waals surface area contributed by atoms with E-state index >= 15 is 0 Å². The second kappa shape index (κ2) is 3.82. The second-order valence-corrected chi connectivity index (χ2v) is 3.62. The van der Waals surface area contributed by atoms with Crippen LogP contribution < -0.4 is 9.47 Å². The predicted octanol–water partition coefficient (Wildman–Crippen LogP) is 2.00. The van der Waals surface area contributed by atoms with Gasteiger partial charge in [0.05, 0.1) is 26.2 Å². The fourth-order valence-electron chi connectivity index (χ4n) is 2.09. The summed E-state index contributed by atoms with van der Waals surface area (Å²) >= 11 is 0. The lowest BCUT2D eigenvalue weighted by molar-refractivity contribution is 0.356. The maximum absolute atomic E-state index is 8.82. The number of hydrogen-bond acceptors (Lipinski definition) is 3. The van der Waals surface area contributed by atoms with Gasteiger partial charge in [0.1, 0.15) is 11.5 Å². The van der Waals surface area contributed by atoms with E-state index in [1.807, 2.05) is 13.0 Å². The zero-order valence-electron chi connectivity index (χ0n) is 8.96. The molecule has 0 aromatic heterocycles. The van der Waals surface area contributed by atoms with Crippen LogP contribution >= 0.6 is 0 Å². The van der Waals surface area contributed by atoms with Crippen LogP contribution in [0.2, 0.25) is 0 Å². The first-order valence-corrected chi connectivity index (χ1v) is 4.97. The number of ether oxygens (including phenoxy) is 2. The highest BCUT2D eigenvalue weighted by Crippen LogP contribution is 2.37. The molecule has 1 aromatic rings. The largest absolute Gasteiger partial charge is 0.496 e. The smallest absolute Gasteiger partial charge is 0.126 e. The maximum atomic E-state index is 8.82. The van der Waals surface area contributed by atoms with Crippen LogP contribution in [0.4, 0.5) is 0 Å². The van der Waals surface area contributed by atoms with E-state index in [2.05, 4.69) is 6.07 Å². The van der Waals surface area contributed by atoms with Gasteiger partial charge in [-0.2, -0.15) is 5.26 Å². The van der Waals surface area contributed by atoms with E-state index in [-0.39, 0.29) is 0 Å². The third kappa shape index (κ3) is 1.52. The van der Waals surface area contributed by atoms with Gasteiger partial charge in [-0.25, -0.2) is 0 Å². The van der Waals surface area contributed by atoms with E-state index in [0.29, 0.717) is 13.0 Å². The van der Waals surface area contributed by atoms with Crippen LogP contribution in [0.3, 0.4) is 0 Å². The summed E-state index contributed by atoms with van der Waals surface area (Å²) in [6.45, 7) is 2.68. The number of nitrogens with zero attached hydrogens (tertiary/aromatic N) is 1. The highest BCUT2D eigenvalue weighted by atomic mass is 16.5. The molecule has 0 spiro atoms. The quantitative estimate of drug-likeness (QED) is 0.738. The highest BCUT2D eigenvalue weighted by molar-refractivity contribution is 5.55. The van der Waals surface area contributed by atoms with Crippen molar-refractivity contribution < 1.29 is 9.47 Å². The average Bonchev–Trinajstić information content (AvgIpc) is 2.66. The van der Waals surface area contributed by atoms with Crippen LogP contribution in [-0.2, 0) is 12.8 Å². The molecule has 0 radical (unpaired) electrons. The molecular formula is C12H13NO2. The molecule has 1 heterocycles. The van der Waals surface area contributed by atoms with Gasteiger partial charge in [-0.15, -0.1) is 0 Å². The third-order valence-electron chi connectivity index (χ3n) is 2.71. The van der Waals surface area contributed by atoms with Crippen molar-refractivity contribution in [1.82, 2.24) is 0 Å². The molecule has 15 heavy (non-hydrogen) atoms. The number of nitriles is 1. The van der Waals surface area contributed by atoms with Crippen molar-refractivity contribution in [2.24, 2.45) is 0 Å². The fraction of sp³-hybridized carbons (Fsp3) is 0.417. The third-order valence-corrected chi connectivity index (χ3v) is 2.71. The molecule has 78 valence electrons. The summed E-state index contributed by atoms with van der Waals surface area (Å²) in [6.07, 6.45) is 1.26. The van der Waals surface area contributed by atoms with Gasteiger partial charge in [0.2, 0.25) is 0 Å². The monoisotopic (exact) mass is 203 g/mol. The molecule has 1 aliphatic heterocycles. The van der Waals surface area contributed by atoms with Crippen molar-refractivity contribution in [3.05, 3.63) is 22.8 Å². The standard InChI is InChI=1S/C12H13NO2/c1-8-7-11-9(4-6-15-11)10(3-5-13)12(8)14-2/h7H,3-4,6H2,1-2H3. The van der Waals surface area contributed by atoms with Crippen molar-refractivity contribution in [3.8, 4) is 17.6 Å². The summed E-state index contributed by atoms with van der Waals surface area (Å²) in [4.78, 5) is 0. The van der Waals surface area contributed by atoms with Crippen LogP contribution in [0, 0.1) is 18.3 Å². The van der Waals surface area contributed by atoms with Gasteiger partial charge in [-0.1, -0.05) is 0 Å². The molecule has 0 atom stereocenters. The molecule has 0 amide bonds. The lowest BCUT2D eigenvalue weighted by Gasteiger charge is -2.13. The molecule has 0 N–H and O–H groups in total. The first-order valence-electron chi connectivity index (χ1n) is 4.97. The van der Waals surface area contributed by atoms with Gasteiger partial charge < -0.3 is 9.47 Å². The Morgan fingerprint density at radius 2 is 2.40 bits per heavy atom. The number of benzene rings is 1. The van der Waals surface area contributed by atoms with Crippen LogP contribution in [0.15, 0.2) is 6.07 Å². The first-order chi connectivity index (χ1) is 7.27. The predicted molar refractivity (Wildman–Crippen MR) is 56.2 cm³/mol. The van der Waals surface area contributed by atoms with Crippen molar-refractivity contribution in [3.63, 3.8) is 0 Å². The summed E-state index contributed by atoms with van der Waals surface area (Å²) < 4.78 is 10.8. The number of aryl methyl sites for hydroxylation is 1. The summed E-state index contributed by atoms with van der Waals surface area (Å²) in [7, 11) is 1.64. The van der Waals surface area contributed by atoms with Crippen LogP contribution in [-0.4, -0.2) is 13.7 Å². The SMILES string of the molecule is COc1c(C)cc2c(c1CC#N)CCO2. The summed E-state index contributed by atoms with van der Waals surface area (Å²) in [5.41, 5.74) is 3.16. The molecule has 2 rings (SSSR count). The Balaban J connectivity index is 2.61. The molecular weight excluding hydrogens is 190 g/mol. The lowest BCUT2D eigenvalue weighted by Crippen LogP contribution is -1.98. The van der Waals surface area contributed by atoms with Gasteiger partial charge in [-0.05, 0) is 18.6 Å². The normalized spacial score (nSPS) is 12.9. The number of methoxy groups -OCH3 is 1. The minimum Gasteiger partial charge on any atom is -0.496 e. The van der Waals surface area contributed by atoms with E-state index in [9.17, 15) is 0 Å². The molecule has 0 aliphatic carbocycles. The summed E-state index contributed by atoms with van der Waals surface area (Å²) in [5, 5.41) is 8.82. The van der Waals surface area contributed by atoms with Crippen molar-refractivity contribution in [2.45, 2.75) is 19.8 Å². The van der Waals surface area contributed by atoms with Crippen LogP contribution in [0.25, 0.3) is 0 Å². The Bertz CT molecular complexity index is 428. The molecule has 0 bridgehead atoms. The van der Waals surface area contributed by atoms with Crippen LogP contribution in [0.5, 0.6) is 11.5 Å². The minimum atomic E-state index is 0.385. The Labute approximate surface area is 89.2 Å². The molecule has 3 nitrogen and oxygen atoms in total. The van der Waals surface area contributed by atoms with Crippen molar-refractivity contribution in [1.29, 1.82) is 5.26 Å². The summed E-state index contributed by atoms with van der Waals surface area (Å²) in [6, 6.07) is 4.17. The van der Waals surface area contributed by atoms with Gasteiger partial charge >= 0.3 is 0 Å². The molecule has 0 saturated heterocycles. The number of hydrogen-bond donors (Lipinski definition) is 0. The van der Waals surface area contributed by atoms with E-state index < -0.39 is 0 Å². The van der Waals surface area contributed by atoms with E-state index in [1.54, 1.807) is 7.11 Å². The topological polar surface area (TPSA) is 42.2 Å². The molecule has 1 aromatic carbocycles. The Morgan fingerprint density at radius 3 is 3.07 bits per heavy atom. The minimum absolute atomic E-state index is 0.385. The Hall–Kier alpha value is -1.69. The molecule has 0 saturated carbocycles. The summed E-state index contributed by atoms with van der Waals surface area (Å²) in [5.74, 6) is 1.75. The Morgan fingerprint density at radius 1 is 1.60 bits per heavy atom. The van der Waals surface area contributed by atoms with Crippen molar-refractivity contribution >= 4 is 0 Å². The zero-order chi connectivity index (χ0) is 10.8. The molecule has 3 heteroatoms.